The van der Waals surface area contributed by atoms with Gasteiger partial charge in [-0.05, 0) is 49.9 Å². The lowest BCUT2D eigenvalue weighted by atomic mass is 9.93. The van der Waals surface area contributed by atoms with Crippen molar-refractivity contribution in [2.45, 2.75) is 30.7 Å². The molecule has 1 aliphatic heterocycles. The van der Waals surface area contributed by atoms with Crippen LogP contribution in [0, 0.1) is 5.92 Å². The van der Waals surface area contributed by atoms with Gasteiger partial charge in [-0.25, -0.2) is 8.42 Å². The average Bonchev–Trinajstić information content (AvgIpc) is 2.39. The Kier molecular flexibility index (Phi) is 4.66. The highest BCUT2D eigenvalue weighted by Gasteiger charge is 2.31. The van der Waals surface area contributed by atoms with Gasteiger partial charge in [-0.2, -0.15) is 4.31 Å². The molecule has 1 aromatic rings. The summed E-state index contributed by atoms with van der Waals surface area (Å²) < 4.78 is 27.5. The highest BCUT2D eigenvalue weighted by molar-refractivity contribution is 9.10. The van der Waals surface area contributed by atoms with E-state index in [0.717, 1.165) is 17.3 Å². The maximum absolute atomic E-state index is 12.5. The summed E-state index contributed by atoms with van der Waals surface area (Å²) in [5.74, 6) is 0.249. The summed E-state index contributed by atoms with van der Waals surface area (Å²) in [5, 5.41) is 0. The molecule has 1 fully saturated rings. The first-order chi connectivity index (χ1) is 8.91. The van der Waals surface area contributed by atoms with E-state index >= 15 is 0 Å². The first-order valence-corrected chi connectivity index (χ1v) is 8.66. The van der Waals surface area contributed by atoms with Gasteiger partial charge in [0.05, 0.1) is 4.90 Å². The number of sulfonamides is 1. The molecule has 0 aromatic heterocycles. The highest BCUT2D eigenvalue weighted by Crippen LogP contribution is 2.25. The SMILES string of the molecule is C[C@@H](N)[C@@H]1CCCN(S(=O)(=O)c2ccc(Br)cc2)C1. The van der Waals surface area contributed by atoms with E-state index < -0.39 is 10.0 Å². The highest BCUT2D eigenvalue weighted by atomic mass is 79.9. The Morgan fingerprint density at radius 2 is 2.00 bits per heavy atom. The normalized spacial score (nSPS) is 23.2. The van der Waals surface area contributed by atoms with Crippen LogP contribution in [0.3, 0.4) is 0 Å². The maximum Gasteiger partial charge on any atom is 0.243 e. The third-order valence-electron chi connectivity index (χ3n) is 3.62. The lowest BCUT2D eigenvalue weighted by Crippen LogP contribution is -2.44. The molecular weight excluding hydrogens is 328 g/mol. The van der Waals surface area contributed by atoms with E-state index in [9.17, 15) is 8.42 Å². The lowest BCUT2D eigenvalue weighted by Gasteiger charge is -2.33. The van der Waals surface area contributed by atoms with Gasteiger partial charge in [0.1, 0.15) is 0 Å². The molecular formula is C13H19BrN2O2S. The van der Waals surface area contributed by atoms with E-state index in [1.165, 1.54) is 0 Å². The van der Waals surface area contributed by atoms with Gasteiger partial charge in [-0.3, -0.25) is 0 Å². The van der Waals surface area contributed by atoms with Crippen LogP contribution in [0.5, 0.6) is 0 Å². The van der Waals surface area contributed by atoms with Crippen LogP contribution in [0.1, 0.15) is 19.8 Å². The predicted octanol–water partition coefficient (Wildman–Crippen LogP) is 2.20. The number of hydrogen-bond acceptors (Lipinski definition) is 3. The Hall–Kier alpha value is -0.430. The molecule has 0 aliphatic carbocycles. The molecule has 2 N–H and O–H groups in total. The summed E-state index contributed by atoms with van der Waals surface area (Å²) in [6, 6.07) is 6.80. The summed E-state index contributed by atoms with van der Waals surface area (Å²) in [7, 11) is -3.39. The molecule has 1 aromatic carbocycles. The van der Waals surface area contributed by atoms with Crippen molar-refractivity contribution in [3.05, 3.63) is 28.7 Å². The number of benzene rings is 1. The Labute approximate surface area is 123 Å². The minimum Gasteiger partial charge on any atom is -0.328 e. The number of halogens is 1. The minimum atomic E-state index is -3.39. The van der Waals surface area contributed by atoms with Crippen molar-refractivity contribution in [1.82, 2.24) is 4.31 Å². The molecule has 0 unspecified atom stereocenters. The van der Waals surface area contributed by atoms with Gasteiger partial charge in [0.25, 0.3) is 0 Å². The first-order valence-electron chi connectivity index (χ1n) is 6.42. The van der Waals surface area contributed by atoms with Crippen molar-refractivity contribution in [2.75, 3.05) is 13.1 Å². The second-order valence-corrected chi connectivity index (χ2v) is 7.93. The van der Waals surface area contributed by atoms with Gasteiger partial charge in [0.15, 0.2) is 0 Å². The summed E-state index contributed by atoms with van der Waals surface area (Å²) in [4.78, 5) is 0.348. The molecule has 6 heteroatoms. The third-order valence-corrected chi connectivity index (χ3v) is 6.02. The zero-order chi connectivity index (χ0) is 14.0. The van der Waals surface area contributed by atoms with Crippen LogP contribution >= 0.6 is 15.9 Å². The number of piperidine rings is 1. The number of nitrogens with two attached hydrogens (primary N) is 1. The van der Waals surface area contributed by atoms with Gasteiger partial charge in [0, 0.05) is 23.6 Å². The van der Waals surface area contributed by atoms with Crippen LogP contribution in [-0.2, 0) is 10.0 Å². The molecule has 1 saturated heterocycles. The predicted molar refractivity (Wildman–Crippen MR) is 79.3 cm³/mol. The summed E-state index contributed by atoms with van der Waals surface area (Å²) in [6.45, 7) is 3.05. The zero-order valence-electron chi connectivity index (χ0n) is 10.9. The number of rotatable bonds is 3. The molecule has 0 radical (unpaired) electrons. The first kappa shape index (κ1) is 15.0. The largest absolute Gasteiger partial charge is 0.328 e. The molecule has 2 rings (SSSR count). The molecule has 1 aliphatic rings. The Morgan fingerprint density at radius 3 is 2.58 bits per heavy atom. The fraction of sp³-hybridized carbons (Fsp3) is 0.538. The van der Waals surface area contributed by atoms with Crippen molar-refractivity contribution in [1.29, 1.82) is 0 Å². The Balaban J connectivity index is 2.22. The topological polar surface area (TPSA) is 63.4 Å². The number of hydrogen-bond donors (Lipinski definition) is 1. The van der Waals surface area contributed by atoms with E-state index in [1.807, 2.05) is 6.92 Å². The van der Waals surface area contributed by atoms with E-state index in [2.05, 4.69) is 15.9 Å². The smallest absolute Gasteiger partial charge is 0.243 e. The van der Waals surface area contributed by atoms with Crippen LogP contribution in [-0.4, -0.2) is 31.9 Å². The molecule has 0 bridgehead atoms. The molecule has 106 valence electrons. The van der Waals surface area contributed by atoms with Crippen LogP contribution in [0.4, 0.5) is 0 Å². The van der Waals surface area contributed by atoms with Crippen LogP contribution in [0.15, 0.2) is 33.6 Å². The molecule has 4 nitrogen and oxygen atoms in total. The standard InChI is InChI=1S/C13H19BrN2O2S/c1-10(15)11-3-2-8-16(9-11)19(17,18)13-6-4-12(14)5-7-13/h4-7,10-11H,2-3,8-9,15H2,1H3/t10-,11-/m1/s1. The van der Waals surface area contributed by atoms with Crippen molar-refractivity contribution in [3.63, 3.8) is 0 Å². The minimum absolute atomic E-state index is 0.0305. The lowest BCUT2D eigenvalue weighted by molar-refractivity contribution is 0.243. The summed E-state index contributed by atoms with van der Waals surface area (Å²) >= 11 is 3.31. The van der Waals surface area contributed by atoms with E-state index in [4.69, 9.17) is 5.73 Å². The zero-order valence-corrected chi connectivity index (χ0v) is 13.3. The van der Waals surface area contributed by atoms with E-state index in [1.54, 1.807) is 28.6 Å². The van der Waals surface area contributed by atoms with Gasteiger partial charge < -0.3 is 5.73 Å². The summed E-state index contributed by atoms with van der Waals surface area (Å²) in [6.07, 6.45) is 1.88. The van der Waals surface area contributed by atoms with Crippen LogP contribution in [0.25, 0.3) is 0 Å². The van der Waals surface area contributed by atoms with Crippen molar-refractivity contribution >= 4 is 26.0 Å². The monoisotopic (exact) mass is 346 g/mol. The summed E-state index contributed by atoms with van der Waals surface area (Å²) in [5.41, 5.74) is 5.90. The van der Waals surface area contributed by atoms with Gasteiger partial charge in [-0.1, -0.05) is 15.9 Å². The Bertz CT molecular complexity index is 528. The van der Waals surface area contributed by atoms with Gasteiger partial charge >= 0.3 is 0 Å². The van der Waals surface area contributed by atoms with Crippen LogP contribution < -0.4 is 5.73 Å². The average molecular weight is 347 g/mol. The van der Waals surface area contributed by atoms with Gasteiger partial charge in [0.2, 0.25) is 10.0 Å². The fourth-order valence-electron chi connectivity index (χ4n) is 2.38. The second kappa shape index (κ2) is 5.91. The quantitative estimate of drug-likeness (QED) is 0.912. The van der Waals surface area contributed by atoms with E-state index in [-0.39, 0.29) is 12.0 Å². The van der Waals surface area contributed by atoms with Crippen LogP contribution in [0.2, 0.25) is 0 Å². The fourth-order valence-corrected chi connectivity index (χ4v) is 4.18. The molecule has 1 heterocycles. The maximum atomic E-state index is 12.5. The van der Waals surface area contributed by atoms with Crippen molar-refractivity contribution < 1.29 is 8.42 Å². The second-order valence-electron chi connectivity index (χ2n) is 5.08. The van der Waals surface area contributed by atoms with E-state index in [0.29, 0.717) is 18.0 Å². The molecule has 0 amide bonds. The molecule has 0 saturated carbocycles. The third kappa shape index (κ3) is 3.37. The Morgan fingerprint density at radius 1 is 1.37 bits per heavy atom. The molecule has 2 atom stereocenters. The van der Waals surface area contributed by atoms with Crippen molar-refractivity contribution in [2.24, 2.45) is 11.7 Å². The number of nitrogens with zero attached hydrogens (tertiary/aromatic N) is 1. The molecule has 0 spiro atoms. The molecule has 19 heavy (non-hydrogen) atoms. The van der Waals surface area contributed by atoms with Gasteiger partial charge in [-0.15, -0.1) is 0 Å². The van der Waals surface area contributed by atoms with Crippen molar-refractivity contribution in [3.8, 4) is 0 Å².